The number of aromatic nitrogens is 1. The maximum absolute atomic E-state index is 6.95. The second-order valence-corrected chi connectivity index (χ2v) is 6.19. The molecule has 0 fully saturated rings. The average Bonchev–Trinajstić information content (AvgIpc) is 2.92. The minimum absolute atomic E-state index is 0.228. The molecule has 102 valence electrons. The molecule has 2 N–H and O–H groups in total. The molecule has 2 aliphatic rings. The molecule has 0 aliphatic heterocycles. The maximum atomic E-state index is 6.95. The number of benzene rings is 1. The lowest BCUT2D eigenvalue weighted by atomic mass is 9.69. The first-order valence-corrected chi connectivity index (χ1v) is 7.60. The minimum atomic E-state index is -0.228. The van der Waals surface area contributed by atoms with E-state index in [1.54, 1.807) is 0 Å². The molecule has 0 bridgehead atoms. The summed E-state index contributed by atoms with van der Waals surface area (Å²) in [5.74, 6) is 0.375. The first-order chi connectivity index (χ1) is 9.79. The van der Waals surface area contributed by atoms with Crippen LogP contribution in [-0.4, -0.2) is 4.98 Å². The van der Waals surface area contributed by atoms with Gasteiger partial charge >= 0.3 is 0 Å². The standard InChI is InChI=1S/C18H20N2/c19-18(11-3-6-13-5-1-2-8-15(13)18)16-10-9-14-7-4-12-20-17(14)16/h1-2,4-5,7-8,12,16H,3,6,9-11,19H2. The fraction of sp³-hybridized carbons (Fsp3) is 0.389. The van der Waals surface area contributed by atoms with Crippen LogP contribution in [0.25, 0.3) is 0 Å². The molecule has 2 atom stereocenters. The molecule has 1 aromatic carbocycles. The Kier molecular flexibility index (Phi) is 2.67. The summed E-state index contributed by atoms with van der Waals surface area (Å²) in [6, 6.07) is 13.0. The van der Waals surface area contributed by atoms with Crippen molar-refractivity contribution in [2.75, 3.05) is 0 Å². The van der Waals surface area contributed by atoms with E-state index in [-0.39, 0.29) is 5.54 Å². The van der Waals surface area contributed by atoms with Crippen LogP contribution in [0.1, 0.15) is 47.6 Å². The highest BCUT2D eigenvalue weighted by Crippen LogP contribution is 2.48. The Morgan fingerprint density at radius 3 is 2.85 bits per heavy atom. The van der Waals surface area contributed by atoms with Crippen molar-refractivity contribution in [3.63, 3.8) is 0 Å². The zero-order valence-corrected chi connectivity index (χ0v) is 11.7. The second-order valence-electron chi connectivity index (χ2n) is 6.19. The van der Waals surface area contributed by atoms with Crippen molar-refractivity contribution in [3.8, 4) is 0 Å². The molecule has 0 saturated carbocycles. The van der Waals surface area contributed by atoms with Crippen LogP contribution in [0.2, 0.25) is 0 Å². The van der Waals surface area contributed by atoms with Crippen LogP contribution in [0, 0.1) is 0 Å². The third-order valence-corrected chi connectivity index (χ3v) is 5.14. The predicted octanol–water partition coefficient (Wildman–Crippen LogP) is 3.30. The van der Waals surface area contributed by atoms with Gasteiger partial charge in [0, 0.05) is 23.3 Å². The second kappa shape index (κ2) is 4.42. The van der Waals surface area contributed by atoms with Crippen molar-refractivity contribution in [3.05, 3.63) is 65.0 Å². The van der Waals surface area contributed by atoms with Gasteiger partial charge in [0.2, 0.25) is 0 Å². The van der Waals surface area contributed by atoms with E-state index >= 15 is 0 Å². The molecular weight excluding hydrogens is 244 g/mol. The summed E-state index contributed by atoms with van der Waals surface area (Å²) in [7, 11) is 0. The zero-order chi connectivity index (χ0) is 13.6. The van der Waals surface area contributed by atoms with Crippen molar-refractivity contribution >= 4 is 0 Å². The number of rotatable bonds is 1. The predicted molar refractivity (Wildman–Crippen MR) is 80.5 cm³/mol. The fourth-order valence-electron chi connectivity index (χ4n) is 4.17. The fourth-order valence-corrected chi connectivity index (χ4v) is 4.17. The van der Waals surface area contributed by atoms with Gasteiger partial charge < -0.3 is 5.73 Å². The molecule has 20 heavy (non-hydrogen) atoms. The van der Waals surface area contributed by atoms with E-state index < -0.39 is 0 Å². The monoisotopic (exact) mass is 264 g/mol. The Hall–Kier alpha value is -1.67. The largest absolute Gasteiger partial charge is 0.321 e. The molecule has 2 heteroatoms. The van der Waals surface area contributed by atoms with Gasteiger partial charge in [-0.25, -0.2) is 0 Å². The van der Waals surface area contributed by atoms with Crippen molar-refractivity contribution in [1.82, 2.24) is 4.98 Å². The quantitative estimate of drug-likeness (QED) is 0.858. The summed E-state index contributed by atoms with van der Waals surface area (Å²) in [6.07, 6.45) is 7.59. The Morgan fingerprint density at radius 2 is 1.90 bits per heavy atom. The number of hydrogen-bond donors (Lipinski definition) is 1. The lowest BCUT2D eigenvalue weighted by Crippen LogP contribution is -2.45. The van der Waals surface area contributed by atoms with Gasteiger partial charge in [-0.3, -0.25) is 4.98 Å². The lowest BCUT2D eigenvalue weighted by molar-refractivity contribution is 0.297. The number of fused-ring (bicyclic) bond motifs is 2. The summed E-state index contributed by atoms with van der Waals surface area (Å²) in [5.41, 5.74) is 12.2. The van der Waals surface area contributed by atoms with Gasteiger partial charge in [0.25, 0.3) is 0 Å². The van der Waals surface area contributed by atoms with E-state index in [9.17, 15) is 0 Å². The smallest absolute Gasteiger partial charge is 0.0497 e. The van der Waals surface area contributed by atoms with E-state index in [0.29, 0.717) is 5.92 Å². The Labute approximate surface area is 120 Å². The zero-order valence-electron chi connectivity index (χ0n) is 11.7. The van der Waals surface area contributed by atoms with E-state index in [2.05, 4.69) is 35.3 Å². The average molecular weight is 264 g/mol. The lowest BCUT2D eigenvalue weighted by Gasteiger charge is -2.40. The summed E-state index contributed by atoms with van der Waals surface area (Å²) in [6.45, 7) is 0. The van der Waals surface area contributed by atoms with Gasteiger partial charge in [0.05, 0.1) is 0 Å². The molecule has 4 rings (SSSR count). The highest BCUT2D eigenvalue weighted by atomic mass is 14.8. The molecule has 0 saturated heterocycles. The Morgan fingerprint density at radius 1 is 1.05 bits per heavy atom. The van der Waals surface area contributed by atoms with Gasteiger partial charge in [-0.2, -0.15) is 0 Å². The van der Waals surface area contributed by atoms with Gasteiger partial charge in [0.15, 0.2) is 0 Å². The first kappa shape index (κ1) is 12.1. The van der Waals surface area contributed by atoms with Crippen LogP contribution >= 0.6 is 0 Å². The topological polar surface area (TPSA) is 38.9 Å². The van der Waals surface area contributed by atoms with Crippen LogP contribution in [0.4, 0.5) is 0 Å². The molecule has 2 unspecified atom stereocenters. The van der Waals surface area contributed by atoms with Gasteiger partial charge in [-0.1, -0.05) is 30.3 Å². The van der Waals surface area contributed by atoms with E-state index in [0.717, 1.165) is 25.7 Å². The minimum Gasteiger partial charge on any atom is -0.321 e. The van der Waals surface area contributed by atoms with Crippen molar-refractivity contribution in [2.24, 2.45) is 5.73 Å². The Bertz CT molecular complexity index is 649. The number of aryl methyl sites for hydroxylation is 2. The maximum Gasteiger partial charge on any atom is 0.0497 e. The molecule has 0 radical (unpaired) electrons. The van der Waals surface area contributed by atoms with E-state index in [1.165, 1.54) is 28.8 Å². The van der Waals surface area contributed by atoms with Crippen LogP contribution in [0.15, 0.2) is 42.6 Å². The molecule has 2 aromatic rings. The number of nitrogens with zero attached hydrogens (tertiary/aromatic N) is 1. The normalized spacial score (nSPS) is 27.9. The summed E-state index contributed by atoms with van der Waals surface area (Å²) >= 11 is 0. The molecule has 2 nitrogen and oxygen atoms in total. The summed E-state index contributed by atoms with van der Waals surface area (Å²) < 4.78 is 0. The van der Waals surface area contributed by atoms with Crippen LogP contribution in [0.3, 0.4) is 0 Å². The molecular formula is C18H20N2. The van der Waals surface area contributed by atoms with Gasteiger partial charge in [0.1, 0.15) is 0 Å². The molecule has 2 aliphatic carbocycles. The number of nitrogens with two attached hydrogens (primary N) is 1. The summed E-state index contributed by atoms with van der Waals surface area (Å²) in [5, 5.41) is 0. The van der Waals surface area contributed by atoms with Crippen LogP contribution < -0.4 is 5.73 Å². The van der Waals surface area contributed by atoms with Crippen molar-refractivity contribution in [1.29, 1.82) is 0 Å². The van der Waals surface area contributed by atoms with Crippen molar-refractivity contribution < 1.29 is 0 Å². The molecule has 0 spiro atoms. The van der Waals surface area contributed by atoms with Gasteiger partial charge in [-0.15, -0.1) is 0 Å². The van der Waals surface area contributed by atoms with E-state index in [4.69, 9.17) is 5.73 Å². The first-order valence-electron chi connectivity index (χ1n) is 7.60. The van der Waals surface area contributed by atoms with E-state index in [1.807, 2.05) is 12.3 Å². The third kappa shape index (κ3) is 1.64. The molecule has 1 heterocycles. The molecule has 0 amide bonds. The van der Waals surface area contributed by atoms with Crippen LogP contribution in [-0.2, 0) is 18.4 Å². The Balaban J connectivity index is 1.84. The summed E-state index contributed by atoms with van der Waals surface area (Å²) in [4.78, 5) is 4.65. The highest BCUT2D eigenvalue weighted by molar-refractivity contribution is 5.42. The van der Waals surface area contributed by atoms with Gasteiger partial charge in [-0.05, 0) is 54.9 Å². The van der Waals surface area contributed by atoms with Crippen LogP contribution in [0.5, 0.6) is 0 Å². The number of hydrogen-bond acceptors (Lipinski definition) is 2. The van der Waals surface area contributed by atoms with Crippen molar-refractivity contribution in [2.45, 2.75) is 43.6 Å². The highest BCUT2D eigenvalue weighted by Gasteiger charge is 2.43. The molecule has 1 aromatic heterocycles. The number of pyridine rings is 1. The SMILES string of the molecule is NC1(C2CCc3cccnc32)CCCc2ccccc21. The third-order valence-electron chi connectivity index (χ3n) is 5.14.